The van der Waals surface area contributed by atoms with Crippen LogP contribution in [0.3, 0.4) is 0 Å². The first kappa shape index (κ1) is 12.3. The fraction of sp³-hybridized carbons (Fsp3) is 0.889. The number of rotatable bonds is 4. The maximum absolute atomic E-state index is 11.5. The summed E-state index contributed by atoms with van der Waals surface area (Å²) in [6.45, 7) is 6.59. The quantitative estimate of drug-likeness (QED) is 0.702. The van der Waals surface area contributed by atoms with Crippen molar-refractivity contribution in [2.45, 2.75) is 32.1 Å². The van der Waals surface area contributed by atoms with E-state index in [2.05, 4.69) is 15.6 Å². The van der Waals surface area contributed by atoms with Crippen LogP contribution in [-0.2, 0) is 9.84 Å². The predicted molar refractivity (Wildman–Crippen MR) is 61.8 cm³/mol. The maximum atomic E-state index is 11.5. The Morgan fingerprint density at radius 3 is 2.73 bits per heavy atom. The van der Waals surface area contributed by atoms with Gasteiger partial charge in [-0.3, -0.25) is 4.99 Å². The summed E-state index contributed by atoms with van der Waals surface area (Å²) in [7, 11) is -2.95. The van der Waals surface area contributed by atoms with E-state index in [9.17, 15) is 8.42 Å². The number of hydrogen-bond acceptors (Lipinski definition) is 5. The summed E-state index contributed by atoms with van der Waals surface area (Å²) in [6, 6.07) is 0.342. The minimum atomic E-state index is -2.95. The highest BCUT2D eigenvalue weighted by molar-refractivity contribution is 7.92. The first-order chi connectivity index (χ1) is 6.92. The van der Waals surface area contributed by atoms with Gasteiger partial charge in [-0.1, -0.05) is 0 Å². The summed E-state index contributed by atoms with van der Waals surface area (Å²) in [5.74, 6) is 0.862. The fourth-order valence-electron chi connectivity index (χ4n) is 1.21. The third-order valence-electron chi connectivity index (χ3n) is 2.30. The van der Waals surface area contributed by atoms with Gasteiger partial charge < -0.3 is 10.6 Å². The second kappa shape index (κ2) is 4.83. The van der Waals surface area contributed by atoms with E-state index in [0.29, 0.717) is 18.5 Å². The summed E-state index contributed by atoms with van der Waals surface area (Å²) in [5.41, 5.74) is 0. The molecule has 0 fully saturated rings. The zero-order valence-electron chi connectivity index (χ0n) is 9.45. The molecule has 6 heteroatoms. The molecule has 0 radical (unpaired) electrons. The van der Waals surface area contributed by atoms with Crippen LogP contribution in [0, 0.1) is 0 Å². The molecule has 1 atom stereocenters. The average molecular weight is 233 g/mol. The molecule has 1 heterocycles. The summed E-state index contributed by atoms with van der Waals surface area (Å²) in [6.07, 6.45) is 0. The molecule has 88 valence electrons. The van der Waals surface area contributed by atoms with Crippen LogP contribution in [0.25, 0.3) is 0 Å². The summed E-state index contributed by atoms with van der Waals surface area (Å²) in [5, 5.41) is 5.79. The van der Waals surface area contributed by atoms with E-state index < -0.39 is 9.84 Å². The number of sulfone groups is 1. The Bertz CT molecular complexity index is 335. The molecule has 0 aromatic carbocycles. The zero-order chi connectivity index (χ0) is 11.5. The van der Waals surface area contributed by atoms with E-state index in [0.717, 1.165) is 6.54 Å². The van der Waals surface area contributed by atoms with Crippen molar-refractivity contribution in [2.75, 3.05) is 18.8 Å². The molecule has 0 aliphatic carbocycles. The van der Waals surface area contributed by atoms with Crippen LogP contribution in [0.2, 0.25) is 0 Å². The summed E-state index contributed by atoms with van der Waals surface area (Å²) >= 11 is 0. The fourth-order valence-corrected chi connectivity index (χ4v) is 2.07. The highest BCUT2D eigenvalue weighted by Crippen LogP contribution is 1.99. The lowest BCUT2D eigenvalue weighted by Crippen LogP contribution is -2.40. The minimum Gasteiger partial charge on any atom is -0.355 e. The number of guanidine groups is 1. The van der Waals surface area contributed by atoms with E-state index in [-0.39, 0.29) is 11.0 Å². The standard InChI is InChI=1S/C9H19N3O2S/c1-7(2)15(13,14)5-4-10-9-11-6-8(3)12-9/h7-8H,4-6H2,1-3H3,(H2,10,11,12). The highest BCUT2D eigenvalue weighted by Gasteiger charge is 2.17. The van der Waals surface area contributed by atoms with Crippen molar-refractivity contribution >= 4 is 15.8 Å². The van der Waals surface area contributed by atoms with Crippen LogP contribution in [0.1, 0.15) is 20.8 Å². The summed E-state index contributed by atoms with van der Waals surface area (Å²) < 4.78 is 22.9. The van der Waals surface area contributed by atoms with Gasteiger partial charge >= 0.3 is 0 Å². The summed E-state index contributed by atoms with van der Waals surface area (Å²) in [4.78, 5) is 4.18. The molecule has 1 unspecified atom stereocenters. The first-order valence-corrected chi connectivity index (χ1v) is 6.90. The molecule has 0 saturated carbocycles. The molecule has 0 spiro atoms. The Morgan fingerprint density at radius 1 is 1.60 bits per heavy atom. The van der Waals surface area contributed by atoms with E-state index in [4.69, 9.17) is 0 Å². The smallest absolute Gasteiger partial charge is 0.191 e. The molecular formula is C9H19N3O2S. The van der Waals surface area contributed by atoms with Gasteiger partial charge in [0.2, 0.25) is 0 Å². The van der Waals surface area contributed by atoms with Gasteiger partial charge in [-0.2, -0.15) is 0 Å². The van der Waals surface area contributed by atoms with E-state index >= 15 is 0 Å². The predicted octanol–water partition coefficient (Wildman–Crippen LogP) is -0.253. The highest BCUT2D eigenvalue weighted by atomic mass is 32.2. The zero-order valence-corrected chi connectivity index (χ0v) is 10.3. The molecule has 5 nitrogen and oxygen atoms in total. The van der Waals surface area contributed by atoms with Crippen molar-refractivity contribution in [1.29, 1.82) is 0 Å². The second-order valence-corrected chi connectivity index (χ2v) is 6.75. The third kappa shape index (κ3) is 3.70. The van der Waals surface area contributed by atoms with Gasteiger partial charge in [0.15, 0.2) is 15.8 Å². The molecule has 0 amide bonds. The second-order valence-electron chi connectivity index (χ2n) is 4.08. The van der Waals surface area contributed by atoms with Gasteiger partial charge in [0.25, 0.3) is 0 Å². The molecular weight excluding hydrogens is 214 g/mol. The lowest BCUT2D eigenvalue weighted by Gasteiger charge is -2.10. The Balaban J connectivity index is 2.28. The van der Waals surface area contributed by atoms with Gasteiger partial charge in [0.05, 0.1) is 17.5 Å². The molecule has 0 aromatic rings. The van der Waals surface area contributed by atoms with Crippen molar-refractivity contribution in [3.63, 3.8) is 0 Å². The molecule has 0 aromatic heterocycles. The van der Waals surface area contributed by atoms with Gasteiger partial charge in [-0.25, -0.2) is 8.42 Å². The van der Waals surface area contributed by atoms with Crippen molar-refractivity contribution in [1.82, 2.24) is 10.6 Å². The Morgan fingerprint density at radius 2 is 2.27 bits per heavy atom. The largest absolute Gasteiger partial charge is 0.355 e. The number of hydrogen-bond donors (Lipinski definition) is 2. The first-order valence-electron chi connectivity index (χ1n) is 5.18. The average Bonchev–Trinajstić information content (AvgIpc) is 2.51. The van der Waals surface area contributed by atoms with Crippen LogP contribution >= 0.6 is 0 Å². The van der Waals surface area contributed by atoms with Crippen LogP contribution in [-0.4, -0.2) is 44.5 Å². The van der Waals surface area contributed by atoms with Gasteiger partial charge in [0, 0.05) is 12.6 Å². The van der Waals surface area contributed by atoms with Crippen LogP contribution in [0.4, 0.5) is 0 Å². The van der Waals surface area contributed by atoms with Crippen molar-refractivity contribution < 1.29 is 8.42 Å². The molecule has 0 saturated heterocycles. The van der Waals surface area contributed by atoms with Gasteiger partial charge in [0.1, 0.15) is 0 Å². The van der Waals surface area contributed by atoms with Crippen molar-refractivity contribution in [2.24, 2.45) is 4.99 Å². The Labute approximate surface area is 91.3 Å². The SMILES string of the molecule is CC1CN=C(NCCS(=O)(=O)C(C)C)N1. The van der Waals surface area contributed by atoms with Crippen molar-refractivity contribution in [3.8, 4) is 0 Å². The van der Waals surface area contributed by atoms with Crippen LogP contribution < -0.4 is 10.6 Å². The maximum Gasteiger partial charge on any atom is 0.191 e. The normalized spacial score (nSPS) is 21.3. The molecule has 15 heavy (non-hydrogen) atoms. The molecule has 1 aliphatic rings. The lowest BCUT2D eigenvalue weighted by molar-refractivity contribution is 0.586. The van der Waals surface area contributed by atoms with E-state index in [1.807, 2.05) is 6.92 Å². The van der Waals surface area contributed by atoms with E-state index in [1.54, 1.807) is 13.8 Å². The molecule has 1 aliphatic heterocycles. The van der Waals surface area contributed by atoms with Crippen molar-refractivity contribution in [3.05, 3.63) is 0 Å². The Hall–Kier alpha value is -0.780. The van der Waals surface area contributed by atoms with Crippen LogP contribution in [0.15, 0.2) is 4.99 Å². The van der Waals surface area contributed by atoms with Crippen LogP contribution in [0.5, 0.6) is 0 Å². The third-order valence-corrected chi connectivity index (χ3v) is 4.51. The lowest BCUT2D eigenvalue weighted by atomic mass is 10.4. The van der Waals surface area contributed by atoms with E-state index in [1.165, 1.54) is 0 Å². The topological polar surface area (TPSA) is 70.6 Å². The number of aliphatic imine (C=N–C) groups is 1. The van der Waals surface area contributed by atoms with Gasteiger partial charge in [-0.05, 0) is 20.8 Å². The molecule has 0 bridgehead atoms. The molecule has 2 N–H and O–H groups in total. The minimum absolute atomic E-state index is 0.153. The van der Waals surface area contributed by atoms with Gasteiger partial charge in [-0.15, -0.1) is 0 Å². The number of nitrogens with zero attached hydrogens (tertiary/aromatic N) is 1. The Kier molecular flexibility index (Phi) is 3.96. The number of nitrogens with one attached hydrogen (secondary N) is 2. The molecule has 1 rings (SSSR count). The monoisotopic (exact) mass is 233 g/mol.